The summed E-state index contributed by atoms with van der Waals surface area (Å²) in [4.78, 5) is 27.8. The van der Waals surface area contributed by atoms with Gasteiger partial charge in [-0.15, -0.1) is 11.3 Å². The van der Waals surface area contributed by atoms with E-state index in [2.05, 4.69) is 10.3 Å². The maximum atomic E-state index is 12.2. The fourth-order valence-corrected chi connectivity index (χ4v) is 2.69. The van der Waals surface area contributed by atoms with Crippen molar-refractivity contribution in [2.24, 2.45) is 0 Å². The van der Waals surface area contributed by atoms with Crippen molar-refractivity contribution in [3.05, 3.63) is 40.4 Å². The largest absolute Gasteiger partial charge is 0.479 e. The maximum absolute atomic E-state index is 12.2. The van der Waals surface area contributed by atoms with Crippen LogP contribution in [0.4, 0.5) is 5.13 Å². The van der Waals surface area contributed by atoms with E-state index in [4.69, 9.17) is 21.1 Å². The van der Waals surface area contributed by atoms with Crippen LogP contribution in [0.5, 0.6) is 5.75 Å². The highest BCUT2D eigenvalue weighted by Gasteiger charge is 2.18. The molecule has 1 unspecified atom stereocenters. The van der Waals surface area contributed by atoms with E-state index < -0.39 is 6.10 Å². The van der Waals surface area contributed by atoms with Crippen LogP contribution < -0.4 is 10.1 Å². The molecule has 0 saturated heterocycles. The van der Waals surface area contributed by atoms with Gasteiger partial charge in [0.15, 0.2) is 11.2 Å². The Kier molecular flexibility index (Phi) is 6.57. The van der Waals surface area contributed by atoms with E-state index in [1.807, 2.05) is 0 Å². The summed E-state index contributed by atoms with van der Waals surface area (Å²) >= 11 is 7.23. The van der Waals surface area contributed by atoms with Gasteiger partial charge >= 0.3 is 5.97 Å². The second-order valence-corrected chi connectivity index (χ2v) is 6.07. The van der Waals surface area contributed by atoms with Gasteiger partial charge in [0.05, 0.1) is 23.7 Å². The van der Waals surface area contributed by atoms with E-state index in [0.717, 1.165) is 0 Å². The molecule has 1 aromatic heterocycles. The lowest BCUT2D eigenvalue weighted by molar-refractivity contribution is -0.142. The van der Waals surface area contributed by atoms with Crippen LogP contribution in [0.1, 0.15) is 19.5 Å². The van der Waals surface area contributed by atoms with Crippen molar-refractivity contribution in [3.8, 4) is 5.75 Å². The number of benzene rings is 1. The van der Waals surface area contributed by atoms with Crippen molar-refractivity contribution >= 4 is 39.9 Å². The van der Waals surface area contributed by atoms with Crippen molar-refractivity contribution < 1.29 is 19.1 Å². The predicted octanol–water partition coefficient (Wildman–Crippen LogP) is 3.31. The zero-order valence-electron chi connectivity index (χ0n) is 13.2. The molecule has 128 valence electrons. The Morgan fingerprint density at radius 1 is 1.38 bits per heavy atom. The minimum atomic E-state index is -0.748. The van der Waals surface area contributed by atoms with Crippen molar-refractivity contribution in [2.75, 3.05) is 11.9 Å². The van der Waals surface area contributed by atoms with Crippen molar-refractivity contribution in [1.82, 2.24) is 4.98 Å². The second-order valence-electron chi connectivity index (χ2n) is 4.81. The minimum Gasteiger partial charge on any atom is -0.479 e. The number of esters is 1. The van der Waals surface area contributed by atoms with Crippen molar-refractivity contribution in [3.63, 3.8) is 0 Å². The smallest absolute Gasteiger partial charge is 0.311 e. The van der Waals surface area contributed by atoms with Gasteiger partial charge in [0.1, 0.15) is 5.75 Å². The first kappa shape index (κ1) is 18.2. The van der Waals surface area contributed by atoms with Gasteiger partial charge < -0.3 is 9.47 Å². The summed E-state index contributed by atoms with van der Waals surface area (Å²) in [5.74, 6) is -0.271. The van der Waals surface area contributed by atoms with Crippen LogP contribution in [0.3, 0.4) is 0 Å². The number of rotatable bonds is 7. The van der Waals surface area contributed by atoms with Gasteiger partial charge in [-0.05, 0) is 26.0 Å². The molecule has 0 aliphatic rings. The average Bonchev–Trinajstić information content (AvgIpc) is 2.96. The first-order chi connectivity index (χ1) is 11.5. The number of hydrogen-bond donors (Lipinski definition) is 1. The second kappa shape index (κ2) is 8.65. The lowest BCUT2D eigenvalue weighted by Gasteiger charge is -2.14. The fourth-order valence-electron chi connectivity index (χ4n) is 1.80. The van der Waals surface area contributed by atoms with E-state index >= 15 is 0 Å². The molecule has 1 atom stereocenters. The topological polar surface area (TPSA) is 77.5 Å². The number of carbonyl (C=O) groups is 2. The number of nitrogens with one attached hydrogen (secondary N) is 1. The molecular formula is C16H17ClN2O4S. The molecule has 2 aromatic rings. The first-order valence-corrected chi connectivity index (χ1v) is 8.57. The first-order valence-electron chi connectivity index (χ1n) is 7.31. The number of amides is 1. The van der Waals surface area contributed by atoms with Gasteiger partial charge in [-0.25, -0.2) is 4.98 Å². The van der Waals surface area contributed by atoms with E-state index in [1.54, 1.807) is 43.5 Å². The van der Waals surface area contributed by atoms with E-state index in [1.165, 1.54) is 11.3 Å². The molecule has 1 aromatic carbocycles. The quantitative estimate of drug-likeness (QED) is 0.758. The number of halogens is 1. The van der Waals surface area contributed by atoms with Gasteiger partial charge in [0.2, 0.25) is 0 Å². The lowest BCUT2D eigenvalue weighted by Crippen LogP contribution is -2.30. The molecule has 0 fully saturated rings. The Balaban J connectivity index is 1.91. The average molecular weight is 369 g/mol. The Hall–Kier alpha value is -2.12. The molecule has 24 heavy (non-hydrogen) atoms. The Morgan fingerprint density at radius 3 is 2.83 bits per heavy atom. The van der Waals surface area contributed by atoms with Crippen LogP contribution in [0.25, 0.3) is 0 Å². The summed E-state index contributed by atoms with van der Waals surface area (Å²) in [6, 6.07) is 6.92. The van der Waals surface area contributed by atoms with E-state index in [9.17, 15) is 9.59 Å². The summed E-state index contributed by atoms with van der Waals surface area (Å²) in [6.07, 6.45) is -0.673. The van der Waals surface area contributed by atoms with Crippen molar-refractivity contribution in [1.29, 1.82) is 0 Å². The normalized spacial score (nSPS) is 11.6. The number of aromatic nitrogens is 1. The zero-order chi connectivity index (χ0) is 17.5. The highest BCUT2D eigenvalue weighted by molar-refractivity contribution is 7.13. The number of hydrogen-bond acceptors (Lipinski definition) is 6. The molecule has 0 aliphatic carbocycles. The number of ether oxygens (including phenoxy) is 2. The van der Waals surface area contributed by atoms with Gasteiger partial charge in [0.25, 0.3) is 5.91 Å². The predicted molar refractivity (Wildman–Crippen MR) is 92.6 cm³/mol. The highest BCUT2D eigenvalue weighted by atomic mass is 35.5. The van der Waals surface area contributed by atoms with E-state index in [-0.39, 0.29) is 18.3 Å². The maximum Gasteiger partial charge on any atom is 0.311 e. The molecule has 1 amide bonds. The number of anilines is 1. The van der Waals surface area contributed by atoms with Gasteiger partial charge in [-0.1, -0.05) is 23.7 Å². The molecule has 8 heteroatoms. The Labute approximate surface area is 148 Å². The monoisotopic (exact) mass is 368 g/mol. The third-order valence-electron chi connectivity index (χ3n) is 2.92. The molecule has 0 radical (unpaired) electrons. The Bertz CT molecular complexity index is 720. The molecule has 0 bridgehead atoms. The van der Waals surface area contributed by atoms with Crippen LogP contribution in [0.2, 0.25) is 5.02 Å². The number of carbonyl (C=O) groups excluding carboxylic acids is 2. The zero-order valence-corrected chi connectivity index (χ0v) is 14.8. The number of para-hydroxylation sites is 1. The molecule has 0 aliphatic heterocycles. The SMILES string of the molecule is CCOC(=O)Cc1csc(NC(=O)C(C)Oc2ccccc2Cl)n1. The van der Waals surface area contributed by atoms with Crippen LogP contribution in [-0.4, -0.2) is 29.6 Å². The molecule has 1 heterocycles. The van der Waals surface area contributed by atoms with Crippen LogP contribution in [0, 0.1) is 0 Å². The lowest BCUT2D eigenvalue weighted by atomic mass is 10.3. The summed E-state index contributed by atoms with van der Waals surface area (Å²) in [6.45, 7) is 3.68. The van der Waals surface area contributed by atoms with Crippen LogP contribution in [0.15, 0.2) is 29.6 Å². The summed E-state index contributed by atoms with van der Waals surface area (Å²) in [5, 5.41) is 5.19. The number of nitrogens with zero attached hydrogens (tertiary/aromatic N) is 1. The van der Waals surface area contributed by atoms with Gasteiger partial charge in [-0.3, -0.25) is 14.9 Å². The molecule has 1 N–H and O–H groups in total. The molecule has 6 nitrogen and oxygen atoms in total. The highest BCUT2D eigenvalue weighted by Crippen LogP contribution is 2.24. The minimum absolute atomic E-state index is 0.0753. The van der Waals surface area contributed by atoms with Gasteiger partial charge in [-0.2, -0.15) is 0 Å². The molecule has 0 saturated carbocycles. The standard InChI is InChI=1S/C16H17ClN2O4S/c1-3-22-14(20)8-11-9-24-16(18-11)19-15(21)10(2)23-13-7-5-4-6-12(13)17/h4-7,9-10H,3,8H2,1-2H3,(H,18,19,21). The third kappa shape index (κ3) is 5.21. The molecule has 2 rings (SSSR count). The molecular weight excluding hydrogens is 352 g/mol. The fraction of sp³-hybridized carbons (Fsp3) is 0.312. The third-order valence-corrected chi connectivity index (χ3v) is 4.04. The van der Waals surface area contributed by atoms with Crippen LogP contribution >= 0.6 is 22.9 Å². The summed E-state index contributed by atoms with van der Waals surface area (Å²) < 4.78 is 10.4. The Morgan fingerprint density at radius 2 is 2.12 bits per heavy atom. The van der Waals surface area contributed by atoms with Crippen molar-refractivity contribution in [2.45, 2.75) is 26.4 Å². The molecule has 0 spiro atoms. The van der Waals surface area contributed by atoms with E-state index in [0.29, 0.717) is 28.2 Å². The number of thiazole rings is 1. The summed E-state index contributed by atoms with van der Waals surface area (Å²) in [5.41, 5.74) is 0.549. The van der Waals surface area contributed by atoms with Gasteiger partial charge in [0, 0.05) is 5.38 Å². The summed E-state index contributed by atoms with van der Waals surface area (Å²) in [7, 11) is 0. The van der Waals surface area contributed by atoms with Crippen LogP contribution in [-0.2, 0) is 20.7 Å².